The Morgan fingerprint density at radius 3 is 2.43 bits per heavy atom. The molecule has 7 heavy (non-hydrogen) atoms. The van der Waals surface area contributed by atoms with E-state index in [4.69, 9.17) is 0 Å². The first-order valence-corrected chi connectivity index (χ1v) is 2.22. The summed E-state index contributed by atoms with van der Waals surface area (Å²) >= 11 is 0. The lowest BCUT2D eigenvalue weighted by Gasteiger charge is -1.78. The fourth-order valence-electron chi connectivity index (χ4n) is 0.235. The molecule has 1 nitrogen and oxygen atoms in total. The summed E-state index contributed by atoms with van der Waals surface area (Å²) in [6.07, 6.45) is 7.30. The predicted octanol–water partition coefficient (Wildman–Crippen LogP) is 1.72. The quantitative estimate of drug-likeness (QED) is 0.377. The molecule has 0 aromatic rings. The zero-order valence-electron chi connectivity index (χ0n) is 4.72. The molecule has 0 saturated carbocycles. The van der Waals surface area contributed by atoms with Crippen LogP contribution in [0.5, 0.6) is 0 Å². The summed E-state index contributed by atoms with van der Waals surface area (Å²) in [5, 5.41) is 0. The number of allylic oxidation sites excluding steroid dienone is 3. The topological polar surface area (TPSA) is 9.23 Å². The van der Waals surface area contributed by atoms with Crippen molar-refractivity contribution in [3.63, 3.8) is 0 Å². The van der Waals surface area contributed by atoms with Crippen molar-refractivity contribution >= 4 is 0 Å². The molecule has 0 rings (SSSR count). The minimum atomic E-state index is 1.62. The van der Waals surface area contributed by atoms with Crippen molar-refractivity contribution in [2.45, 2.75) is 6.92 Å². The van der Waals surface area contributed by atoms with Gasteiger partial charge in [0.2, 0.25) is 0 Å². The Balaban J connectivity index is 3.09. The number of rotatable bonds is 2. The lowest BCUT2D eigenvalue weighted by atomic mass is 10.5. The van der Waals surface area contributed by atoms with Gasteiger partial charge in [-0.25, -0.2) is 0 Å². The molecule has 0 spiro atoms. The summed E-state index contributed by atoms with van der Waals surface area (Å²) in [5.41, 5.74) is 0. The van der Waals surface area contributed by atoms with E-state index in [2.05, 4.69) is 4.74 Å². The molecule has 0 aromatic heterocycles. The summed E-state index contributed by atoms with van der Waals surface area (Å²) in [4.78, 5) is 0. The molecule has 0 aliphatic rings. The van der Waals surface area contributed by atoms with Crippen LogP contribution in [0, 0.1) is 0 Å². The second kappa shape index (κ2) is 5.28. The van der Waals surface area contributed by atoms with Crippen LogP contribution in [-0.2, 0) is 4.74 Å². The van der Waals surface area contributed by atoms with Crippen LogP contribution in [0.4, 0.5) is 0 Å². The van der Waals surface area contributed by atoms with Crippen LogP contribution in [0.2, 0.25) is 0 Å². The first-order valence-electron chi connectivity index (χ1n) is 2.22. The highest BCUT2D eigenvalue weighted by Gasteiger charge is 1.55. The average molecular weight is 98.1 g/mol. The Labute approximate surface area is 44.3 Å². The van der Waals surface area contributed by atoms with Crippen LogP contribution in [0.3, 0.4) is 0 Å². The minimum absolute atomic E-state index is 1.62. The van der Waals surface area contributed by atoms with Gasteiger partial charge in [0, 0.05) is 0 Å². The summed E-state index contributed by atoms with van der Waals surface area (Å²) < 4.78 is 4.61. The van der Waals surface area contributed by atoms with Gasteiger partial charge in [0.1, 0.15) is 0 Å². The van der Waals surface area contributed by atoms with Gasteiger partial charge in [-0.3, -0.25) is 0 Å². The monoisotopic (exact) mass is 98.1 g/mol. The maximum atomic E-state index is 4.61. The van der Waals surface area contributed by atoms with Gasteiger partial charge in [-0.2, -0.15) is 0 Å². The third kappa shape index (κ3) is 5.28. The summed E-state index contributed by atoms with van der Waals surface area (Å²) in [7, 11) is 1.62. The zero-order chi connectivity index (χ0) is 5.54. The number of methoxy groups -OCH3 is 1. The Hall–Kier alpha value is -0.720. The van der Waals surface area contributed by atoms with Gasteiger partial charge in [0.15, 0.2) is 0 Å². The van der Waals surface area contributed by atoms with Crippen molar-refractivity contribution in [1.29, 1.82) is 0 Å². The van der Waals surface area contributed by atoms with Crippen molar-refractivity contribution in [1.82, 2.24) is 0 Å². The summed E-state index contributed by atoms with van der Waals surface area (Å²) in [6.45, 7) is 1.96. The fraction of sp³-hybridized carbons (Fsp3) is 0.333. The minimum Gasteiger partial charge on any atom is -0.504 e. The van der Waals surface area contributed by atoms with Crippen LogP contribution in [0.25, 0.3) is 0 Å². The Kier molecular flexibility index (Phi) is 4.74. The molecule has 0 radical (unpaired) electrons. The molecule has 0 amide bonds. The fourth-order valence-corrected chi connectivity index (χ4v) is 0.235. The molecule has 40 valence electrons. The van der Waals surface area contributed by atoms with E-state index in [1.54, 1.807) is 13.4 Å². The predicted molar refractivity (Wildman–Crippen MR) is 31.0 cm³/mol. The first kappa shape index (κ1) is 6.28. The van der Waals surface area contributed by atoms with Gasteiger partial charge >= 0.3 is 0 Å². The van der Waals surface area contributed by atoms with E-state index in [1.165, 1.54) is 0 Å². The Morgan fingerprint density at radius 2 is 2.00 bits per heavy atom. The first-order chi connectivity index (χ1) is 3.41. The van der Waals surface area contributed by atoms with Crippen molar-refractivity contribution in [3.05, 3.63) is 24.5 Å². The van der Waals surface area contributed by atoms with Crippen LogP contribution in [-0.4, -0.2) is 7.11 Å². The molecule has 0 fully saturated rings. The molecule has 0 N–H and O–H groups in total. The van der Waals surface area contributed by atoms with Crippen molar-refractivity contribution in [2.75, 3.05) is 7.11 Å². The SMILES string of the molecule is C/C=C/C=C\OC. The molecule has 0 aliphatic heterocycles. The molecule has 0 atom stereocenters. The molecule has 0 heterocycles. The maximum absolute atomic E-state index is 4.61. The Morgan fingerprint density at radius 1 is 1.29 bits per heavy atom. The van der Waals surface area contributed by atoms with Gasteiger partial charge in [0.25, 0.3) is 0 Å². The lowest BCUT2D eigenvalue weighted by Crippen LogP contribution is -1.59. The van der Waals surface area contributed by atoms with Crippen LogP contribution in [0.15, 0.2) is 24.5 Å². The maximum Gasteiger partial charge on any atom is 0.0824 e. The van der Waals surface area contributed by atoms with E-state index >= 15 is 0 Å². The van der Waals surface area contributed by atoms with Crippen LogP contribution < -0.4 is 0 Å². The third-order valence-electron chi connectivity index (χ3n) is 0.518. The molecule has 1 heteroatoms. The van der Waals surface area contributed by atoms with E-state index in [-0.39, 0.29) is 0 Å². The Bertz CT molecular complexity index is 72.2. The molecule has 0 saturated heterocycles. The average Bonchev–Trinajstić information content (AvgIpc) is 1.69. The second-order valence-electron chi connectivity index (χ2n) is 1.09. The normalized spacial score (nSPS) is 11.1. The molecular weight excluding hydrogens is 88.1 g/mol. The molecule has 0 bridgehead atoms. The van der Waals surface area contributed by atoms with Gasteiger partial charge < -0.3 is 4.74 Å². The van der Waals surface area contributed by atoms with Crippen molar-refractivity contribution in [2.24, 2.45) is 0 Å². The largest absolute Gasteiger partial charge is 0.504 e. The van der Waals surface area contributed by atoms with Gasteiger partial charge in [-0.05, 0) is 13.0 Å². The second-order valence-corrected chi connectivity index (χ2v) is 1.09. The number of ether oxygens (including phenoxy) is 1. The van der Waals surface area contributed by atoms with Crippen molar-refractivity contribution in [3.8, 4) is 0 Å². The van der Waals surface area contributed by atoms with Gasteiger partial charge in [0.05, 0.1) is 13.4 Å². The smallest absolute Gasteiger partial charge is 0.0824 e. The molecular formula is C6H10O. The van der Waals surface area contributed by atoms with Gasteiger partial charge in [-0.1, -0.05) is 12.2 Å². The molecule has 0 unspecified atom stereocenters. The van der Waals surface area contributed by atoms with Crippen molar-refractivity contribution < 1.29 is 4.74 Å². The van der Waals surface area contributed by atoms with E-state index in [9.17, 15) is 0 Å². The summed E-state index contributed by atoms with van der Waals surface area (Å²) in [6, 6.07) is 0. The summed E-state index contributed by atoms with van der Waals surface area (Å²) in [5.74, 6) is 0. The van der Waals surface area contributed by atoms with E-state index in [1.807, 2.05) is 25.2 Å². The highest BCUT2D eigenvalue weighted by atomic mass is 16.5. The zero-order valence-corrected chi connectivity index (χ0v) is 4.72. The van der Waals surface area contributed by atoms with E-state index < -0.39 is 0 Å². The third-order valence-corrected chi connectivity index (χ3v) is 0.518. The number of hydrogen-bond acceptors (Lipinski definition) is 1. The molecule has 0 aromatic carbocycles. The van der Waals surface area contributed by atoms with E-state index in [0.717, 1.165) is 0 Å². The highest BCUT2D eigenvalue weighted by molar-refractivity contribution is 4.97. The lowest BCUT2D eigenvalue weighted by molar-refractivity contribution is 0.338. The standard InChI is InChI=1S/C6H10O/c1-3-4-5-6-7-2/h3-6H,1-2H3/b4-3+,6-5-. The highest BCUT2D eigenvalue weighted by Crippen LogP contribution is 1.74. The van der Waals surface area contributed by atoms with Gasteiger partial charge in [-0.15, -0.1) is 0 Å². The number of hydrogen-bond donors (Lipinski definition) is 0. The molecule has 0 aliphatic carbocycles. The van der Waals surface area contributed by atoms with Crippen LogP contribution >= 0.6 is 0 Å². The van der Waals surface area contributed by atoms with Crippen LogP contribution in [0.1, 0.15) is 6.92 Å². The van der Waals surface area contributed by atoms with E-state index in [0.29, 0.717) is 0 Å².